The Morgan fingerprint density at radius 3 is 2.17 bits per heavy atom. The number of anilines is 2. The molecule has 0 saturated carbocycles. The molecule has 0 saturated heterocycles. The van der Waals surface area contributed by atoms with Crippen molar-refractivity contribution in [3.8, 4) is 5.75 Å². The number of nitrogens with one attached hydrogen (secondary N) is 2. The minimum atomic E-state index is -0.588. The molecule has 0 aliphatic carbocycles. The Labute approximate surface area is 170 Å². The lowest BCUT2D eigenvalue weighted by molar-refractivity contribution is -0.122. The molecule has 0 heterocycles. The van der Waals surface area contributed by atoms with Crippen LogP contribution in [0.15, 0.2) is 78.9 Å². The number of aryl methyl sites for hydroxylation is 1. The van der Waals surface area contributed by atoms with E-state index < -0.39 is 6.10 Å². The SMILES string of the molecule is CCC(Oc1ccccc1)C(=O)Nc1ccc(NC(=O)c2ccccc2)c(C)c1. The molecule has 0 spiro atoms. The summed E-state index contributed by atoms with van der Waals surface area (Å²) < 4.78 is 5.78. The zero-order valence-corrected chi connectivity index (χ0v) is 16.5. The molecule has 2 amide bonds. The molecule has 0 radical (unpaired) electrons. The van der Waals surface area contributed by atoms with E-state index in [0.717, 1.165) is 5.56 Å². The first kappa shape index (κ1) is 20.1. The van der Waals surface area contributed by atoms with E-state index in [1.807, 2.05) is 68.4 Å². The number of amides is 2. The second-order valence-electron chi connectivity index (χ2n) is 6.67. The minimum absolute atomic E-state index is 0.173. The Morgan fingerprint density at radius 2 is 1.55 bits per heavy atom. The summed E-state index contributed by atoms with van der Waals surface area (Å²) in [6.07, 6.45) is -0.0413. The lowest BCUT2D eigenvalue weighted by atomic mass is 10.1. The molecule has 3 rings (SSSR count). The predicted octanol–water partition coefficient (Wildman–Crippen LogP) is 5.04. The fourth-order valence-corrected chi connectivity index (χ4v) is 2.87. The van der Waals surface area contributed by atoms with Gasteiger partial charge in [-0.1, -0.05) is 43.3 Å². The van der Waals surface area contributed by atoms with Gasteiger partial charge in [-0.05, 0) is 61.4 Å². The predicted molar refractivity (Wildman–Crippen MR) is 115 cm³/mol. The van der Waals surface area contributed by atoms with Crippen molar-refractivity contribution < 1.29 is 14.3 Å². The second kappa shape index (κ2) is 9.55. The zero-order chi connectivity index (χ0) is 20.6. The van der Waals surface area contributed by atoms with Gasteiger partial charge in [-0.25, -0.2) is 0 Å². The highest BCUT2D eigenvalue weighted by molar-refractivity contribution is 6.04. The molecule has 3 aromatic rings. The summed E-state index contributed by atoms with van der Waals surface area (Å²) in [6.45, 7) is 3.79. The van der Waals surface area contributed by atoms with Crippen molar-refractivity contribution in [2.45, 2.75) is 26.4 Å². The van der Waals surface area contributed by atoms with Crippen molar-refractivity contribution in [3.63, 3.8) is 0 Å². The quantitative estimate of drug-likeness (QED) is 0.596. The fraction of sp³-hybridized carbons (Fsp3) is 0.167. The average Bonchev–Trinajstić information content (AvgIpc) is 2.75. The molecule has 5 heteroatoms. The number of hydrogen-bond acceptors (Lipinski definition) is 3. The van der Waals surface area contributed by atoms with Crippen LogP contribution in [0.4, 0.5) is 11.4 Å². The van der Waals surface area contributed by atoms with Gasteiger partial charge in [0.2, 0.25) is 0 Å². The lowest BCUT2D eigenvalue weighted by Gasteiger charge is -2.18. The van der Waals surface area contributed by atoms with Gasteiger partial charge in [0.15, 0.2) is 6.10 Å². The van der Waals surface area contributed by atoms with E-state index in [9.17, 15) is 9.59 Å². The first-order valence-corrected chi connectivity index (χ1v) is 9.56. The van der Waals surface area contributed by atoms with Gasteiger partial charge in [0.25, 0.3) is 11.8 Å². The number of carbonyl (C=O) groups is 2. The van der Waals surface area contributed by atoms with Crippen LogP contribution in [-0.2, 0) is 4.79 Å². The Morgan fingerprint density at radius 1 is 0.897 bits per heavy atom. The standard InChI is InChI=1S/C24H24N2O3/c1-3-22(29-20-12-8-5-9-13-20)24(28)25-19-14-15-21(17(2)16-19)26-23(27)18-10-6-4-7-11-18/h4-16,22H,3H2,1-2H3,(H,25,28)(H,26,27). The summed E-state index contributed by atoms with van der Waals surface area (Å²) in [7, 11) is 0. The summed E-state index contributed by atoms with van der Waals surface area (Å²) in [4.78, 5) is 24.9. The van der Waals surface area contributed by atoms with E-state index in [0.29, 0.717) is 29.1 Å². The Hall–Kier alpha value is -3.60. The maximum Gasteiger partial charge on any atom is 0.265 e. The second-order valence-corrected chi connectivity index (χ2v) is 6.67. The highest BCUT2D eigenvalue weighted by Crippen LogP contribution is 2.21. The minimum Gasteiger partial charge on any atom is -0.481 e. The van der Waals surface area contributed by atoms with Gasteiger partial charge < -0.3 is 15.4 Å². The average molecular weight is 388 g/mol. The van der Waals surface area contributed by atoms with Crippen LogP contribution < -0.4 is 15.4 Å². The third-order valence-electron chi connectivity index (χ3n) is 4.46. The van der Waals surface area contributed by atoms with E-state index in [1.165, 1.54) is 0 Å². The van der Waals surface area contributed by atoms with Gasteiger partial charge >= 0.3 is 0 Å². The molecule has 0 aromatic heterocycles. The van der Waals surface area contributed by atoms with Crippen molar-refractivity contribution in [3.05, 3.63) is 90.0 Å². The molecule has 0 aliphatic heterocycles. The van der Waals surface area contributed by atoms with E-state index in [-0.39, 0.29) is 11.8 Å². The van der Waals surface area contributed by atoms with Crippen LogP contribution in [0.5, 0.6) is 5.75 Å². The zero-order valence-electron chi connectivity index (χ0n) is 16.5. The molecule has 3 aromatic carbocycles. The van der Waals surface area contributed by atoms with E-state index >= 15 is 0 Å². The smallest absolute Gasteiger partial charge is 0.265 e. The van der Waals surface area contributed by atoms with Crippen molar-refractivity contribution >= 4 is 23.2 Å². The normalized spacial score (nSPS) is 11.4. The van der Waals surface area contributed by atoms with Gasteiger partial charge in [-0.3, -0.25) is 9.59 Å². The molecule has 148 valence electrons. The summed E-state index contributed by atoms with van der Waals surface area (Å²) >= 11 is 0. The van der Waals surface area contributed by atoms with Gasteiger partial charge in [0.05, 0.1) is 0 Å². The lowest BCUT2D eigenvalue weighted by Crippen LogP contribution is -2.32. The molecule has 2 N–H and O–H groups in total. The number of carbonyl (C=O) groups excluding carboxylic acids is 2. The number of benzene rings is 3. The molecule has 5 nitrogen and oxygen atoms in total. The third-order valence-corrected chi connectivity index (χ3v) is 4.46. The first-order valence-electron chi connectivity index (χ1n) is 9.56. The fourth-order valence-electron chi connectivity index (χ4n) is 2.87. The van der Waals surface area contributed by atoms with Crippen molar-refractivity contribution in [2.24, 2.45) is 0 Å². The summed E-state index contributed by atoms with van der Waals surface area (Å²) in [5.41, 5.74) is 2.79. The number of hydrogen-bond donors (Lipinski definition) is 2. The maximum absolute atomic E-state index is 12.6. The van der Waals surface area contributed by atoms with Crippen LogP contribution >= 0.6 is 0 Å². The maximum atomic E-state index is 12.6. The van der Waals surface area contributed by atoms with Crippen LogP contribution in [-0.4, -0.2) is 17.9 Å². The topological polar surface area (TPSA) is 67.4 Å². The van der Waals surface area contributed by atoms with Crippen molar-refractivity contribution in [1.29, 1.82) is 0 Å². The highest BCUT2D eigenvalue weighted by atomic mass is 16.5. The van der Waals surface area contributed by atoms with Crippen LogP contribution in [0.3, 0.4) is 0 Å². The van der Waals surface area contributed by atoms with E-state index in [4.69, 9.17) is 4.74 Å². The molecule has 1 atom stereocenters. The largest absolute Gasteiger partial charge is 0.481 e. The highest BCUT2D eigenvalue weighted by Gasteiger charge is 2.19. The van der Waals surface area contributed by atoms with Crippen LogP contribution in [0, 0.1) is 6.92 Å². The first-order chi connectivity index (χ1) is 14.1. The molecular weight excluding hydrogens is 364 g/mol. The number of para-hydroxylation sites is 1. The molecular formula is C24H24N2O3. The summed E-state index contributed by atoms with van der Waals surface area (Å²) in [5.74, 6) is 0.272. The molecule has 29 heavy (non-hydrogen) atoms. The van der Waals surface area contributed by atoms with Gasteiger partial charge in [-0.2, -0.15) is 0 Å². The molecule has 0 aliphatic rings. The van der Waals surface area contributed by atoms with Gasteiger partial charge in [0, 0.05) is 16.9 Å². The summed E-state index contributed by atoms with van der Waals surface area (Å²) in [6, 6.07) is 23.7. The van der Waals surface area contributed by atoms with E-state index in [1.54, 1.807) is 24.3 Å². The number of rotatable bonds is 7. The Balaban J connectivity index is 1.64. The molecule has 1 unspecified atom stereocenters. The van der Waals surface area contributed by atoms with Crippen molar-refractivity contribution in [1.82, 2.24) is 0 Å². The number of ether oxygens (including phenoxy) is 1. The van der Waals surface area contributed by atoms with Crippen LogP contribution in [0.2, 0.25) is 0 Å². The van der Waals surface area contributed by atoms with Crippen LogP contribution in [0.1, 0.15) is 29.3 Å². The van der Waals surface area contributed by atoms with Gasteiger partial charge in [-0.15, -0.1) is 0 Å². The monoisotopic (exact) mass is 388 g/mol. The van der Waals surface area contributed by atoms with Crippen molar-refractivity contribution in [2.75, 3.05) is 10.6 Å². The third kappa shape index (κ3) is 5.45. The molecule has 0 bridgehead atoms. The van der Waals surface area contributed by atoms with Gasteiger partial charge in [0.1, 0.15) is 5.75 Å². The van der Waals surface area contributed by atoms with E-state index in [2.05, 4.69) is 10.6 Å². The Bertz CT molecular complexity index is 972. The molecule has 0 fully saturated rings. The summed E-state index contributed by atoms with van der Waals surface area (Å²) in [5, 5.41) is 5.79. The Kier molecular flexibility index (Phi) is 6.63. The van der Waals surface area contributed by atoms with Crippen LogP contribution in [0.25, 0.3) is 0 Å².